The number of benzene rings is 1. The van der Waals surface area contributed by atoms with E-state index >= 15 is 0 Å². The van der Waals surface area contributed by atoms with Gasteiger partial charge in [-0.3, -0.25) is 4.79 Å². The maximum absolute atomic E-state index is 12.8. The first-order chi connectivity index (χ1) is 9.75. The predicted molar refractivity (Wildman–Crippen MR) is 76.2 cm³/mol. The molecule has 0 radical (unpaired) electrons. The Morgan fingerprint density at radius 2 is 2.14 bits per heavy atom. The number of alkyl halides is 3. The molecule has 1 heterocycles. The van der Waals surface area contributed by atoms with Crippen molar-refractivity contribution in [3.05, 3.63) is 39.9 Å². The summed E-state index contributed by atoms with van der Waals surface area (Å²) in [5, 5.41) is 4.52. The molecule has 0 bridgehead atoms. The lowest BCUT2D eigenvalue weighted by atomic mass is 10.2. The molecule has 0 unspecified atom stereocenters. The van der Waals surface area contributed by atoms with E-state index in [0.29, 0.717) is 10.8 Å². The Hall–Kier alpha value is -1.60. The van der Waals surface area contributed by atoms with E-state index in [0.717, 1.165) is 6.07 Å². The van der Waals surface area contributed by atoms with Crippen molar-refractivity contribution >= 4 is 39.5 Å². The van der Waals surface area contributed by atoms with Gasteiger partial charge in [-0.25, -0.2) is 4.98 Å². The van der Waals surface area contributed by atoms with E-state index in [-0.39, 0.29) is 22.9 Å². The van der Waals surface area contributed by atoms with Crippen molar-refractivity contribution in [2.45, 2.75) is 19.5 Å². The monoisotopic (exact) mass is 334 g/mol. The summed E-state index contributed by atoms with van der Waals surface area (Å²) in [6, 6.07) is 3.54. The molecule has 0 aliphatic rings. The van der Waals surface area contributed by atoms with Crippen molar-refractivity contribution in [2.24, 2.45) is 0 Å². The van der Waals surface area contributed by atoms with Crippen molar-refractivity contribution in [1.29, 1.82) is 0 Å². The first kappa shape index (κ1) is 15.8. The summed E-state index contributed by atoms with van der Waals surface area (Å²) in [6.45, 7) is 1.45. The Labute approximate surface area is 127 Å². The first-order valence-corrected chi connectivity index (χ1v) is 7.09. The van der Waals surface area contributed by atoms with Crippen molar-refractivity contribution in [3.8, 4) is 0 Å². The van der Waals surface area contributed by atoms with Gasteiger partial charge in [-0.05, 0) is 25.1 Å². The van der Waals surface area contributed by atoms with Crippen LogP contribution in [0.2, 0.25) is 5.02 Å². The smallest absolute Gasteiger partial charge is 0.332 e. The van der Waals surface area contributed by atoms with Gasteiger partial charge in [-0.1, -0.05) is 11.6 Å². The average molecular weight is 335 g/mol. The number of aromatic nitrogens is 1. The standard InChI is InChI=1S/C13H10ClF3N2OS/c1-7(20)4-9-6-21-12(19-9)18-8-2-3-11(14)10(5-8)13(15,16)17/h2-3,5-6H,4H2,1H3,(H,18,19). The molecular formula is C13H10ClF3N2OS. The van der Waals surface area contributed by atoms with Crippen LogP contribution in [0.4, 0.5) is 24.0 Å². The predicted octanol–water partition coefficient (Wildman–Crippen LogP) is 4.69. The normalized spacial score (nSPS) is 11.5. The molecule has 21 heavy (non-hydrogen) atoms. The molecule has 112 valence electrons. The number of hydrogen-bond donors (Lipinski definition) is 1. The molecule has 8 heteroatoms. The first-order valence-electron chi connectivity index (χ1n) is 5.83. The molecule has 0 fully saturated rings. The number of Topliss-reactive ketones (excluding diaryl/α,β-unsaturated/α-hetero) is 1. The van der Waals surface area contributed by atoms with Gasteiger partial charge in [-0.15, -0.1) is 11.3 Å². The van der Waals surface area contributed by atoms with Gasteiger partial charge in [0.2, 0.25) is 0 Å². The highest BCUT2D eigenvalue weighted by molar-refractivity contribution is 7.13. The molecular weight excluding hydrogens is 325 g/mol. The maximum atomic E-state index is 12.8. The Balaban J connectivity index is 2.20. The molecule has 2 rings (SSSR count). The number of halogens is 4. The molecule has 0 atom stereocenters. The lowest BCUT2D eigenvalue weighted by Gasteiger charge is -2.11. The van der Waals surface area contributed by atoms with Crippen LogP contribution in [0.5, 0.6) is 0 Å². The molecule has 1 aromatic carbocycles. The van der Waals surface area contributed by atoms with Crippen LogP contribution >= 0.6 is 22.9 Å². The Morgan fingerprint density at radius 3 is 2.76 bits per heavy atom. The molecule has 0 amide bonds. The van der Waals surface area contributed by atoms with Crippen LogP contribution in [-0.4, -0.2) is 10.8 Å². The van der Waals surface area contributed by atoms with Crippen molar-refractivity contribution in [2.75, 3.05) is 5.32 Å². The second-order valence-corrected chi connectivity index (χ2v) is 5.61. The number of nitrogens with one attached hydrogen (secondary N) is 1. The summed E-state index contributed by atoms with van der Waals surface area (Å²) >= 11 is 6.76. The van der Waals surface area contributed by atoms with Gasteiger partial charge in [-0.2, -0.15) is 13.2 Å². The van der Waals surface area contributed by atoms with E-state index in [2.05, 4.69) is 10.3 Å². The zero-order valence-electron chi connectivity index (χ0n) is 10.8. The fourth-order valence-electron chi connectivity index (χ4n) is 1.64. The minimum Gasteiger partial charge on any atom is -0.332 e. The van der Waals surface area contributed by atoms with E-state index in [9.17, 15) is 18.0 Å². The number of ketones is 1. The molecule has 1 N–H and O–H groups in total. The van der Waals surface area contributed by atoms with E-state index in [4.69, 9.17) is 11.6 Å². The fourth-order valence-corrected chi connectivity index (χ4v) is 2.60. The van der Waals surface area contributed by atoms with Gasteiger partial charge in [0.1, 0.15) is 5.78 Å². The Kier molecular flexibility index (Phi) is 4.53. The van der Waals surface area contributed by atoms with Crippen LogP contribution in [0.25, 0.3) is 0 Å². The number of nitrogens with zero attached hydrogens (tertiary/aromatic N) is 1. The quantitative estimate of drug-likeness (QED) is 0.882. The Bertz CT molecular complexity index is 670. The summed E-state index contributed by atoms with van der Waals surface area (Å²) in [5.74, 6) is -0.0299. The zero-order valence-corrected chi connectivity index (χ0v) is 12.4. The second kappa shape index (κ2) is 6.03. The van der Waals surface area contributed by atoms with Crippen molar-refractivity contribution in [3.63, 3.8) is 0 Å². The van der Waals surface area contributed by atoms with Crippen LogP contribution < -0.4 is 5.32 Å². The van der Waals surface area contributed by atoms with E-state index < -0.39 is 11.7 Å². The average Bonchev–Trinajstić information content (AvgIpc) is 2.76. The van der Waals surface area contributed by atoms with Gasteiger partial charge in [0.15, 0.2) is 5.13 Å². The molecule has 0 aliphatic carbocycles. The van der Waals surface area contributed by atoms with Gasteiger partial charge in [0, 0.05) is 17.5 Å². The molecule has 0 saturated heterocycles. The molecule has 3 nitrogen and oxygen atoms in total. The van der Waals surface area contributed by atoms with Crippen LogP contribution in [0.15, 0.2) is 23.6 Å². The van der Waals surface area contributed by atoms with Gasteiger partial charge >= 0.3 is 6.18 Å². The lowest BCUT2D eigenvalue weighted by molar-refractivity contribution is -0.137. The van der Waals surface area contributed by atoms with E-state index in [1.54, 1.807) is 5.38 Å². The zero-order chi connectivity index (χ0) is 15.6. The third-order valence-corrected chi connectivity index (χ3v) is 3.64. The molecule has 1 aromatic heterocycles. The summed E-state index contributed by atoms with van der Waals surface area (Å²) in [7, 11) is 0. The number of carbonyl (C=O) groups excluding carboxylic acids is 1. The highest BCUT2D eigenvalue weighted by Gasteiger charge is 2.33. The minimum atomic E-state index is -4.52. The van der Waals surface area contributed by atoms with Crippen LogP contribution in [0.3, 0.4) is 0 Å². The number of hydrogen-bond acceptors (Lipinski definition) is 4. The number of rotatable bonds is 4. The van der Waals surface area contributed by atoms with E-state index in [1.807, 2.05) is 0 Å². The highest BCUT2D eigenvalue weighted by Crippen LogP contribution is 2.36. The Morgan fingerprint density at radius 1 is 1.43 bits per heavy atom. The van der Waals surface area contributed by atoms with Crippen LogP contribution in [0, 0.1) is 0 Å². The highest BCUT2D eigenvalue weighted by atomic mass is 35.5. The van der Waals surface area contributed by atoms with Crippen LogP contribution in [-0.2, 0) is 17.4 Å². The third kappa shape index (κ3) is 4.18. The summed E-state index contributed by atoms with van der Waals surface area (Å²) in [4.78, 5) is 15.1. The topological polar surface area (TPSA) is 42.0 Å². The largest absolute Gasteiger partial charge is 0.417 e. The van der Waals surface area contributed by atoms with Crippen molar-refractivity contribution < 1.29 is 18.0 Å². The molecule has 0 spiro atoms. The second-order valence-electron chi connectivity index (χ2n) is 4.34. The molecule has 2 aromatic rings. The summed E-state index contributed by atoms with van der Waals surface area (Å²) in [6.07, 6.45) is -4.32. The summed E-state index contributed by atoms with van der Waals surface area (Å²) in [5.41, 5.74) is -0.0925. The van der Waals surface area contributed by atoms with Gasteiger partial charge < -0.3 is 5.32 Å². The third-order valence-electron chi connectivity index (χ3n) is 2.50. The maximum Gasteiger partial charge on any atom is 0.417 e. The minimum absolute atomic E-state index is 0.0299. The molecule has 0 saturated carbocycles. The fraction of sp³-hybridized carbons (Fsp3) is 0.231. The number of carbonyl (C=O) groups is 1. The SMILES string of the molecule is CC(=O)Cc1csc(Nc2ccc(Cl)c(C(F)(F)F)c2)n1. The lowest BCUT2D eigenvalue weighted by Crippen LogP contribution is -2.06. The van der Waals surface area contributed by atoms with Crippen LogP contribution in [0.1, 0.15) is 18.2 Å². The van der Waals surface area contributed by atoms with Gasteiger partial charge in [0.25, 0.3) is 0 Å². The van der Waals surface area contributed by atoms with Crippen molar-refractivity contribution in [1.82, 2.24) is 4.98 Å². The number of thiazole rings is 1. The van der Waals surface area contributed by atoms with Gasteiger partial charge in [0.05, 0.1) is 16.3 Å². The molecule has 0 aliphatic heterocycles. The summed E-state index contributed by atoms with van der Waals surface area (Å²) < 4.78 is 38.3. The number of anilines is 2. The van der Waals surface area contributed by atoms with E-state index in [1.165, 1.54) is 30.4 Å².